The van der Waals surface area contributed by atoms with Gasteiger partial charge in [-0.25, -0.2) is 0 Å². The number of halogens is 1. The lowest BCUT2D eigenvalue weighted by atomic mass is 10.1. The number of rotatable bonds is 7. The van der Waals surface area contributed by atoms with Gasteiger partial charge in [-0.1, -0.05) is 11.6 Å². The molecule has 1 heterocycles. The molecule has 5 nitrogen and oxygen atoms in total. The van der Waals surface area contributed by atoms with E-state index < -0.39 is 11.7 Å². The quantitative estimate of drug-likeness (QED) is 0.806. The Kier molecular flexibility index (Phi) is 5.91. The first-order valence-electron chi connectivity index (χ1n) is 7.82. The zero-order valence-electron chi connectivity index (χ0n) is 14.1. The lowest BCUT2D eigenvalue weighted by Crippen LogP contribution is -2.47. The zero-order valence-corrected chi connectivity index (χ0v) is 14.9. The average molecular weight is 351 g/mol. The van der Waals surface area contributed by atoms with Crippen LogP contribution in [-0.4, -0.2) is 27.7 Å². The first-order chi connectivity index (χ1) is 11.3. The Morgan fingerprint density at radius 3 is 2.58 bits per heavy atom. The van der Waals surface area contributed by atoms with Gasteiger partial charge in [-0.3, -0.25) is 4.79 Å². The van der Waals surface area contributed by atoms with Crippen molar-refractivity contribution in [2.75, 3.05) is 6.54 Å². The number of ether oxygens (including phenoxy) is 1. The Labute approximate surface area is 147 Å². The molecule has 2 aromatic rings. The Bertz CT molecular complexity index is 680. The normalized spacial score (nSPS) is 12.7. The number of hydrogen-bond donors (Lipinski definition) is 2. The van der Waals surface area contributed by atoms with E-state index >= 15 is 0 Å². The lowest BCUT2D eigenvalue weighted by molar-refractivity contribution is -0.134. The summed E-state index contributed by atoms with van der Waals surface area (Å²) in [6.07, 6.45) is 1.69. The second-order valence-corrected chi connectivity index (χ2v) is 6.61. The van der Waals surface area contributed by atoms with Gasteiger partial charge in [0.25, 0.3) is 5.91 Å². The summed E-state index contributed by atoms with van der Waals surface area (Å²) in [7, 11) is 1.88. The topological polar surface area (TPSA) is 63.5 Å². The lowest BCUT2D eigenvalue weighted by Gasteiger charge is -2.25. The highest BCUT2D eigenvalue weighted by molar-refractivity contribution is 6.30. The summed E-state index contributed by atoms with van der Waals surface area (Å²) in [4.78, 5) is 12.3. The molecular weight excluding hydrogens is 328 g/mol. The number of nitrogens with zero attached hydrogens (tertiary/aromatic N) is 1. The fraction of sp³-hybridized carbons (Fsp3) is 0.389. The molecule has 0 radical (unpaired) electrons. The summed E-state index contributed by atoms with van der Waals surface area (Å²) in [5.41, 5.74) is -0.204. The molecular formula is C18H23ClN2O3. The van der Waals surface area contributed by atoms with Crippen molar-refractivity contribution in [1.82, 2.24) is 9.88 Å². The summed E-state index contributed by atoms with van der Waals surface area (Å²) < 4.78 is 7.59. The summed E-state index contributed by atoms with van der Waals surface area (Å²) >= 11 is 5.84. The fourth-order valence-corrected chi connectivity index (χ4v) is 2.47. The molecule has 6 heteroatoms. The minimum absolute atomic E-state index is 0.239. The predicted molar refractivity (Wildman–Crippen MR) is 94.2 cm³/mol. The minimum atomic E-state index is -1.02. The second-order valence-electron chi connectivity index (χ2n) is 6.17. The van der Waals surface area contributed by atoms with E-state index in [0.29, 0.717) is 23.7 Å². The van der Waals surface area contributed by atoms with Gasteiger partial charge in [-0.15, -0.1) is 0 Å². The number of hydrogen-bond acceptors (Lipinski definition) is 3. The van der Waals surface area contributed by atoms with Crippen LogP contribution in [0.2, 0.25) is 5.02 Å². The number of carbonyl (C=O) groups excluding carboxylic acids is 1. The van der Waals surface area contributed by atoms with E-state index in [0.717, 1.165) is 5.69 Å². The van der Waals surface area contributed by atoms with Crippen LogP contribution < -0.4 is 10.1 Å². The van der Waals surface area contributed by atoms with Crippen molar-refractivity contribution in [2.24, 2.45) is 7.05 Å². The summed E-state index contributed by atoms with van der Waals surface area (Å²) in [6, 6.07) is 10.6. The maximum Gasteiger partial charge on any atom is 0.263 e. The van der Waals surface area contributed by atoms with Gasteiger partial charge in [0, 0.05) is 30.5 Å². The predicted octanol–water partition coefficient (Wildman–Crippen LogP) is 3.08. The van der Waals surface area contributed by atoms with Crippen LogP contribution in [0.5, 0.6) is 5.75 Å². The smallest absolute Gasteiger partial charge is 0.263 e. The number of aromatic nitrogens is 1. The van der Waals surface area contributed by atoms with Gasteiger partial charge in [-0.05, 0) is 56.7 Å². The molecule has 2 rings (SSSR count). The van der Waals surface area contributed by atoms with Gasteiger partial charge >= 0.3 is 0 Å². The highest BCUT2D eigenvalue weighted by Crippen LogP contribution is 2.21. The van der Waals surface area contributed by atoms with Gasteiger partial charge in [0.15, 0.2) is 5.60 Å². The molecule has 1 aromatic carbocycles. The van der Waals surface area contributed by atoms with Crippen LogP contribution in [0.15, 0.2) is 42.6 Å². The van der Waals surface area contributed by atoms with Crippen molar-refractivity contribution in [1.29, 1.82) is 0 Å². The summed E-state index contributed by atoms with van der Waals surface area (Å²) in [5, 5.41) is 13.6. The number of nitrogens with one attached hydrogen (secondary N) is 1. The van der Waals surface area contributed by atoms with Gasteiger partial charge in [0.05, 0.1) is 6.10 Å². The van der Waals surface area contributed by atoms with Crippen LogP contribution in [0.3, 0.4) is 0 Å². The average Bonchev–Trinajstić information content (AvgIpc) is 2.95. The SMILES string of the molecule is Cn1cccc1[C@H](O)CCNC(=O)C(C)(C)Oc1ccc(Cl)cc1. The molecule has 0 saturated carbocycles. The number of amides is 1. The van der Waals surface area contributed by atoms with E-state index in [1.807, 2.05) is 29.9 Å². The molecule has 1 amide bonds. The van der Waals surface area contributed by atoms with E-state index in [9.17, 15) is 9.90 Å². The van der Waals surface area contributed by atoms with Crippen molar-refractivity contribution in [3.05, 3.63) is 53.3 Å². The first-order valence-corrected chi connectivity index (χ1v) is 8.19. The monoisotopic (exact) mass is 350 g/mol. The van der Waals surface area contributed by atoms with Crippen LogP contribution in [0.25, 0.3) is 0 Å². The van der Waals surface area contributed by atoms with Gasteiger partial charge in [0.1, 0.15) is 5.75 Å². The Morgan fingerprint density at radius 1 is 1.33 bits per heavy atom. The van der Waals surface area contributed by atoms with Crippen molar-refractivity contribution >= 4 is 17.5 Å². The largest absolute Gasteiger partial charge is 0.478 e. The molecule has 0 bridgehead atoms. The Morgan fingerprint density at radius 2 is 2.00 bits per heavy atom. The molecule has 130 valence electrons. The van der Waals surface area contributed by atoms with Gasteiger partial charge < -0.3 is 19.7 Å². The van der Waals surface area contributed by atoms with Crippen molar-refractivity contribution in [3.8, 4) is 5.75 Å². The molecule has 24 heavy (non-hydrogen) atoms. The molecule has 2 N–H and O–H groups in total. The summed E-state index contributed by atoms with van der Waals surface area (Å²) in [6.45, 7) is 3.76. The van der Waals surface area contributed by atoms with Crippen LogP contribution in [0.1, 0.15) is 32.1 Å². The van der Waals surface area contributed by atoms with E-state index in [-0.39, 0.29) is 5.91 Å². The van der Waals surface area contributed by atoms with E-state index in [1.165, 1.54) is 0 Å². The maximum atomic E-state index is 12.3. The van der Waals surface area contributed by atoms with Crippen LogP contribution >= 0.6 is 11.6 Å². The van der Waals surface area contributed by atoms with Crippen molar-refractivity contribution < 1.29 is 14.6 Å². The Hall–Kier alpha value is -1.98. The third-order valence-corrected chi connectivity index (χ3v) is 4.01. The second kappa shape index (κ2) is 7.73. The molecule has 0 fully saturated rings. The Balaban J connectivity index is 1.84. The van der Waals surface area contributed by atoms with Crippen LogP contribution in [-0.2, 0) is 11.8 Å². The van der Waals surface area contributed by atoms with Crippen molar-refractivity contribution in [3.63, 3.8) is 0 Å². The number of aliphatic hydroxyl groups excluding tert-OH is 1. The molecule has 0 unspecified atom stereocenters. The first kappa shape index (κ1) is 18.4. The fourth-order valence-electron chi connectivity index (χ4n) is 2.35. The van der Waals surface area contributed by atoms with Gasteiger partial charge in [-0.2, -0.15) is 0 Å². The standard InChI is InChI=1S/C18H23ClN2O3/c1-18(2,24-14-8-6-13(19)7-9-14)17(23)20-11-10-16(22)15-5-4-12-21(15)3/h4-9,12,16,22H,10-11H2,1-3H3,(H,20,23)/t16-/m1/s1. The molecule has 0 spiro atoms. The molecule has 1 aromatic heterocycles. The van der Waals surface area contributed by atoms with E-state index in [2.05, 4.69) is 5.32 Å². The molecule has 0 aliphatic rings. The van der Waals surface area contributed by atoms with E-state index in [1.54, 1.807) is 38.1 Å². The molecule has 0 saturated heterocycles. The number of aryl methyl sites for hydroxylation is 1. The zero-order chi connectivity index (χ0) is 17.7. The van der Waals surface area contributed by atoms with Gasteiger partial charge in [0.2, 0.25) is 0 Å². The third kappa shape index (κ3) is 4.76. The third-order valence-electron chi connectivity index (χ3n) is 3.76. The number of aliphatic hydroxyl groups is 1. The van der Waals surface area contributed by atoms with Crippen molar-refractivity contribution in [2.45, 2.75) is 32.0 Å². The van der Waals surface area contributed by atoms with E-state index in [4.69, 9.17) is 16.3 Å². The van der Waals surface area contributed by atoms with Crippen LogP contribution in [0, 0.1) is 0 Å². The summed E-state index contributed by atoms with van der Waals surface area (Å²) in [5.74, 6) is 0.333. The maximum absolute atomic E-state index is 12.3. The molecule has 0 aliphatic carbocycles. The highest BCUT2D eigenvalue weighted by Gasteiger charge is 2.29. The molecule has 1 atom stereocenters. The number of carbonyl (C=O) groups is 1. The molecule has 0 aliphatic heterocycles. The highest BCUT2D eigenvalue weighted by atomic mass is 35.5. The number of benzene rings is 1. The minimum Gasteiger partial charge on any atom is -0.478 e. The van der Waals surface area contributed by atoms with Crippen LogP contribution in [0.4, 0.5) is 0 Å².